The van der Waals surface area contributed by atoms with Crippen LogP contribution < -0.4 is 0 Å². The number of aliphatic hydroxyl groups is 1. The molecule has 3 heteroatoms. The van der Waals surface area contributed by atoms with Crippen LogP contribution in [0.5, 0.6) is 0 Å². The molecular formula is C12H26BrNO. The van der Waals surface area contributed by atoms with E-state index in [2.05, 4.69) is 34.7 Å². The number of nitrogens with zero attached hydrogens (tertiary/aromatic N) is 1. The van der Waals surface area contributed by atoms with E-state index in [0.717, 1.165) is 30.9 Å². The van der Waals surface area contributed by atoms with Gasteiger partial charge in [-0.1, -0.05) is 36.2 Å². The van der Waals surface area contributed by atoms with Gasteiger partial charge in [-0.2, -0.15) is 0 Å². The van der Waals surface area contributed by atoms with E-state index >= 15 is 0 Å². The zero-order valence-corrected chi connectivity index (χ0v) is 11.8. The highest BCUT2D eigenvalue weighted by Gasteiger charge is 2.06. The van der Waals surface area contributed by atoms with Gasteiger partial charge in [-0.3, -0.25) is 0 Å². The molecule has 1 atom stereocenters. The molecule has 0 radical (unpaired) electrons. The first-order chi connectivity index (χ1) is 7.24. The first-order valence-electron chi connectivity index (χ1n) is 6.13. The highest BCUT2D eigenvalue weighted by Crippen LogP contribution is 2.10. The Balaban J connectivity index is 3.63. The van der Waals surface area contributed by atoms with Gasteiger partial charge in [0.15, 0.2) is 0 Å². The lowest BCUT2D eigenvalue weighted by molar-refractivity contribution is 0.186. The van der Waals surface area contributed by atoms with Crippen LogP contribution in [0.2, 0.25) is 0 Å². The zero-order chi connectivity index (χ0) is 11.5. The Morgan fingerprint density at radius 1 is 1.20 bits per heavy atom. The second-order valence-electron chi connectivity index (χ2n) is 4.29. The molecule has 92 valence electrons. The highest BCUT2D eigenvalue weighted by molar-refractivity contribution is 9.09. The molecule has 0 aromatic carbocycles. The lowest BCUT2D eigenvalue weighted by atomic mass is 10.1. The summed E-state index contributed by atoms with van der Waals surface area (Å²) < 4.78 is 0. The van der Waals surface area contributed by atoms with E-state index in [4.69, 9.17) is 5.11 Å². The minimum absolute atomic E-state index is 0.288. The molecule has 2 nitrogen and oxygen atoms in total. The van der Waals surface area contributed by atoms with Crippen molar-refractivity contribution in [1.29, 1.82) is 0 Å². The summed E-state index contributed by atoms with van der Waals surface area (Å²) in [5.41, 5.74) is 0. The van der Waals surface area contributed by atoms with Gasteiger partial charge in [-0.25, -0.2) is 0 Å². The van der Waals surface area contributed by atoms with Crippen LogP contribution in [0.25, 0.3) is 0 Å². The average Bonchev–Trinajstić information content (AvgIpc) is 2.22. The van der Waals surface area contributed by atoms with Crippen molar-refractivity contribution < 1.29 is 5.11 Å². The van der Waals surface area contributed by atoms with Gasteiger partial charge in [0.2, 0.25) is 0 Å². The van der Waals surface area contributed by atoms with Crippen molar-refractivity contribution in [2.24, 2.45) is 5.92 Å². The Hall–Kier alpha value is 0.400. The van der Waals surface area contributed by atoms with Crippen LogP contribution in [0.4, 0.5) is 0 Å². The van der Waals surface area contributed by atoms with E-state index in [0.29, 0.717) is 0 Å². The monoisotopic (exact) mass is 279 g/mol. The molecule has 0 aromatic rings. The predicted molar refractivity (Wildman–Crippen MR) is 70.6 cm³/mol. The van der Waals surface area contributed by atoms with Gasteiger partial charge < -0.3 is 10.0 Å². The van der Waals surface area contributed by atoms with Crippen LogP contribution >= 0.6 is 15.9 Å². The van der Waals surface area contributed by atoms with Crippen molar-refractivity contribution in [2.75, 3.05) is 31.6 Å². The lowest BCUT2D eigenvalue weighted by Gasteiger charge is -2.22. The number of rotatable bonds is 10. The third kappa shape index (κ3) is 9.34. The fraction of sp³-hybridized carbons (Fsp3) is 1.00. The van der Waals surface area contributed by atoms with Crippen molar-refractivity contribution in [2.45, 2.75) is 39.5 Å². The van der Waals surface area contributed by atoms with Crippen LogP contribution in [0.15, 0.2) is 0 Å². The van der Waals surface area contributed by atoms with E-state index < -0.39 is 0 Å². The van der Waals surface area contributed by atoms with E-state index in [-0.39, 0.29) is 6.61 Å². The maximum Gasteiger partial charge on any atom is 0.0558 e. The van der Waals surface area contributed by atoms with E-state index in [1.165, 1.54) is 25.7 Å². The normalized spacial score (nSPS) is 13.4. The topological polar surface area (TPSA) is 23.5 Å². The smallest absolute Gasteiger partial charge is 0.0558 e. The molecule has 1 N–H and O–H groups in total. The van der Waals surface area contributed by atoms with Gasteiger partial charge >= 0.3 is 0 Å². The number of halogens is 1. The molecule has 0 amide bonds. The number of hydrogen-bond acceptors (Lipinski definition) is 2. The SMILES string of the molecule is CCCCN(CCO)CCC(C)CCBr. The van der Waals surface area contributed by atoms with Crippen molar-refractivity contribution >= 4 is 15.9 Å². The molecule has 0 saturated heterocycles. The molecule has 0 fully saturated rings. The highest BCUT2D eigenvalue weighted by atomic mass is 79.9. The summed E-state index contributed by atoms with van der Waals surface area (Å²) in [6, 6.07) is 0. The van der Waals surface area contributed by atoms with Gasteiger partial charge in [0, 0.05) is 11.9 Å². The molecule has 1 unspecified atom stereocenters. The molecule has 0 bridgehead atoms. The molecule has 0 heterocycles. The number of hydrogen-bond donors (Lipinski definition) is 1. The predicted octanol–water partition coefficient (Wildman–Crippen LogP) is 2.89. The maximum atomic E-state index is 8.96. The largest absolute Gasteiger partial charge is 0.395 e. The van der Waals surface area contributed by atoms with Gasteiger partial charge in [0.1, 0.15) is 0 Å². The van der Waals surface area contributed by atoms with E-state index in [1.807, 2.05) is 0 Å². The molecule has 0 saturated carbocycles. The van der Waals surface area contributed by atoms with Crippen LogP contribution in [0.3, 0.4) is 0 Å². The summed E-state index contributed by atoms with van der Waals surface area (Å²) in [5.74, 6) is 0.784. The lowest BCUT2D eigenvalue weighted by Crippen LogP contribution is -2.30. The minimum Gasteiger partial charge on any atom is -0.395 e. The number of unbranched alkanes of at least 4 members (excludes halogenated alkanes) is 1. The fourth-order valence-corrected chi connectivity index (χ4v) is 2.37. The summed E-state index contributed by atoms with van der Waals surface area (Å²) >= 11 is 3.48. The molecule has 0 aromatic heterocycles. The Morgan fingerprint density at radius 2 is 1.93 bits per heavy atom. The van der Waals surface area contributed by atoms with Gasteiger partial charge in [-0.05, 0) is 38.3 Å². The second-order valence-corrected chi connectivity index (χ2v) is 5.08. The third-order valence-corrected chi connectivity index (χ3v) is 3.24. The quantitative estimate of drug-likeness (QED) is 0.622. The van der Waals surface area contributed by atoms with Crippen molar-refractivity contribution in [3.8, 4) is 0 Å². The summed E-state index contributed by atoms with van der Waals surface area (Å²) in [7, 11) is 0. The summed E-state index contributed by atoms with van der Waals surface area (Å²) in [4.78, 5) is 2.38. The van der Waals surface area contributed by atoms with E-state index in [1.54, 1.807) is 0 Å². The first-order valence-corrected chi connectivity index (χ1v) is 7.25. The number of aliphatic hydroxyl groups excluding tert-OH is 1. The molecule has 15 heavy (non-hydrogen) atoms. The van der Waals surface area contributed by atoms with Crippen molar-refractivity contribution in [3.63, 3.8) is 0 Å². The Bertz CT molecular complexity index is 133. The standard InChI is InChI=1S/C12H26BrNO/c1-3-4-8-14(10-11-15)9-6-12(2)5-7-13/h12,15H,3-11H2,1-2H3. The Labute approximate surface area is 103 Å². The third-order valence-electron chi connectivity index (χ3n) is 2.78. The van der Waals surface area contributed by atoms with Crippen LogP contribution in [0.1, 0.15) is 39.5 Å². The fourth-order valence-electron chi connectivity index (χ4n) is 1.59. The van der Waals surface area contributed by atoms with Crippen LogP contribution in [-0.2, 0) is 0 Å². The molecular weight excluding hydrogens is 254 g/mol. The Kier molecular flexibility index (Phi) is 11.2. The van der Waals surface area contributed by atoms with Gasteiger partial charge in [-0.15, -0.1) is 0 Å². The Morgan fingerprint density at radius 3 is 2.47 bits per heavy atom. The van der Waals surface area contributed by atoms with Crippen LogP contribution in [0, 0.1) is 5.92 Å². The molecule has 0 spiro atoms. The van der Waals surface area contributed by atoms with Gasteiger partial charge in [0.05, 0.1) is 6.61 Å². The molecule has 0 aliphatic carbocycles. The number of alkyl halides is 1. The maximum absolute atomic E-state index is 8.96. The zero-order valence-electron chi connectivity index (χ0n) is 10.2. The average molecular weight is 280 g/mol. The van der Waals surface area contributed by atoms with E-state index in [9.17, 15) is 0 Å². The molecule has 0 aliphatic rings. The first kappa shape index (κ1) is 15.4. The van der Waals surface area contributed by atoms with Crippen LogP contribution in [-0.4, -0.2) is 41.6 Å². The second kappa shape index (κ2) is 10.9. The van der Waals surface area contributed by atoms with Crippen molar-refractivity contribution in [1.82, 2.24) is 4.90 Å². The summed E-state index contributed by atoms with van der Waals surface area (Å²) in [5, 5.41) is 10.1. The molecule has 0 aliphatic heterocycles. The summed E-state index contributed by atoms with van der Waals surface area (Å²) in [6.07, 6.45) is 4.97. The summed E-state index contributed by atoms with van der Waals surface area (Å²) in [6.45, 7) is 7.91. The van der Waals surface area contributed by atoms with Crippen molar-refractivity contribution in [3.05, 3.63) is 0 Å². The minimum atomic E-state index is 0.288. The molecule has 0 rings (SSSR count). The van der Waals surface area contributed by atoms with Gasteiger partial charge in [0.25, 0.3) is 0 Å².